The minimum Gasteiger partial charge on any atom is -0.334 e. The first kappa shape index (κ1) is 24.2. The van der Waals surface area contributed by atoms with E-state index in [0.29, 0.717) is 18.8 Å². The highest BCUT2D eigenvalue weighted by atomic mass is 16.2. The number of aromatic nitrogens is 2. The van der Waals surface area contributed by atoms with E-state index in [1.165, 1.54) is 12.8 Å². The number of carbonyl (C=O) groups is 2. The Bertz CT molecular complexity index is 1020. The lowest BCUT2D eigenvalue weighted by atomic mass is 10.1. The number of unbranched alkanes of at least 4 members (excludes halogenated alkanes) is 4. The molecule has 174 valence electrons. The largest absolute Gasteiger partial charge is 0.334 e. The van der Waals surface area contributed by atoms with Gasteiger partial charge in [-0.25, -0.2) is 4.68 Å². The summed E-state index contributed by atoms with van der Waals surface area (Å²) < 4.78 is 1.73. The Hall–Kier alpha value is -3.41. The predicted octanol–water partition coefficient (Wildman–Crippen LogP) is 5.69. The molecule has 1 aromatic heterocycles. The summed E-state index contributed by atoms with van der Waals surface area (Å²) in [5.41, 5.74) is 2.59. The molecule has 6 nitrogen and oxygen atoms in total. The van der Waals surface area contributed by atoms with Crippen molar-refractivity contribution in [2.75, 3.05) is 18.4 Å². The molecule has 0 saturated heterocycles. The lowest BCUT2D eigenvalue weighted by molar-refractivity contribution is -0.134. The van der Waals surface area contributed by atoms with Crippen molar-refractivity contribution >= 4 is 17.6 Å². The first-order valence-corrected chi connectivity index (χ1v) is 11.9. The van der Waals surface area contributed by atoms with Crippen molar-refractivity contribution in [2.24, 2.45) is 0 Å². The number of carbonyl (C=O) groups excluding carboxylic acids is 2. The molecule has 0 saturated carbocycles. The molecule has 0 spiro atoms. The van der Waals surface area contributed by atoms with Gasteiger partial charge in [0.15, 0.2) is 0 Å². The van der Waals surface area contributed by atoms with Crippen molar-refractivity contribution in [3.8, 4) is 16.9 Å². The Balaban J connectivity index is 1.70. The second-order valence-electron chi connectivity index (χ2n) is 8.15. The fourth-order valence-electron chi connectivity index (χ4n) is 3.76. The standard InChI is InChI=1S/C27H34N4O2/c1-3-5-6-7-14-19-27(33)30(4-2)21-26(32)28-25-20-24(22-15-10-8-11-16-22)29-31(25)23-17-12-9-13-18-23/h8-13,15-18,20H,3-7,14,19,21H2,1-2H3,(H,28,32). The topological polar surface area (TPSA) is 67.2 Å². The predicted molar refractivity (Wildman–Crippen MR) is 133 cm³/mol. The Morgan fingerprint density at radius 2 is 1.58 bits per heavy atom. The molecule has 6 heteroatoms. The number of para-hydroxylation sites is 1. The van der Waals surface area contributed by atoms with E-state index >= 15 is 0 Å². The van der Waals surface area contributed by atoms with E-state index in [2.05, 4.69) is 12.2 Å². The molecule has 3 rings (SSSR count). The molecule has 0 unspecified atom stereocenters. The molecule has 0 atom stereocenters. The van der Waals surface area contributed by atoms with Gasteiger partial charge in [-0.1, -0.05) is 81.1 Å². The number of hydrogen-bond donors (Lipinski definition) is 1. The summed E-state index contributed by atoms with van der Waals surface area (Å²) >= 11 is 0. The zero-order valence-corrected chi connectivity index (χ0v) is 19.7. The average molecular weight is 447 g/mol. The number of rotatable bonds is 12. The number of benzene rings is 2. The van der Waals surface area contributed by atoms with E-state index in [9.17, 15) is 9.59 Å². The van der Waals surface area contributed by atoms with Gasteiger partial charge in [0.1, 0.15) is 5.82 Å². The van der Waals surface area contributed by atoms with Crippen molar-refractivity contribution in [3.63, 3.8) is 0 Å². The molecular formula is C27H34N4O2. The van der Waals surface area contributed by atoms with Gasteiger partial charge < -0.3 is 10.2 Å². The van der Waals surface area contributed by atoms with Crippen LogP contribution in [0, 0.1) is 0 Å². The van der Waals surface area contributed by atoms with Crippen LogP contribution in [0.5, 0.6) is 0 Å². The van der Waals surface area contributed by atoms with Gasteiger partial charge >= 0.3 is 0 Å². The first-order valence-electron chi connectivity index (χ1n) is 11.9. The maximum Gasteiger partial charge on any atom is 0.245 e. The van der Waals surface area contributed by atoms with Crippen LogP contribution in [-0.4, -0.2) is 39.6 Å². The van der Waals surface area contributed by atoms with Crippen LogP contribution in [0.15, 0.2) is 66.7 Å². The second kappa shape index (κ2) is 12.6. The van der Waals surface area contributed by atoms with Gasteiger partial charge in [-0.3, -0.25) is 9.59 Å². The second-order valence-corrected chi connectivity index (χ2v) is 8.15. The van der Waals surface area contributed by atoms with Crippen molar-refractivity contribution in [2.45, 2.75) is 52.4 Å². The molecule has 0 aliphatic rings. The molecule has 33 heavy (non-hydrogen) atoms. The van der Waals surface area contributed by atoms with Crippen molar-refractivity contribution < 1.29 is 9.59 Å². The monoisotopic (exact) mass is 446 g/mol. The number of hydrogen-bond acceptors (Lipinski definition) is 3. The van der Waals surface area contributed by atoms with E-state index < -0.39 is 0 Å². The average Bonchev–Trinajstić information content (AvgIpc) is 3.27. The Morgan fingerprint density at radius 3 is 2.24 bits per heavy atom. The first-order chi connectivity index (χ1) is 16.1. The number of anilines is 1. The molecule has 1 N–H and O–H groups in total. The van der Waals surface area contributed by atoms with Gasteiger partial charge in [0.05, 0.1) is 17.9 Å². The van der Waals surface area contributed by atoms with Crippen LogP contribution in [0.25, 0.3) is 16.9 Å². The quantitative estimate of drug-likeness (QED) is 0.364. The summed E-state index contributed by atoms with van der Waals surface area (Å²) in [5.74, 6) is 0.381. The molecule has 0 aliphatic carbocycles. The van der Waals surface area contributed by atoms with E-state index in [1.54, 1.807) is 9.58 Å². The zero-order valence-electron chi connectivity index (χ0n) is 19.7. The molecule has 2 aromatic carbocycles. The SMILES string of the molecule is CCCCCCCC(=O)N(CC)CC(=O)Nc1cc(-c2ccccc2)nn1-c1ccccc1. The summed E-state index contributed by atoms with van der Waals surface area (Å²) in [7, 11) is 0. The molecule has 1 heterocycles. The van der Waals surface area contributed by atoms with Gasteiger partial charge in [0, 0.05) is 24.6 Å². The lowest BCUT2D eigenvalue weighted by Crippen LogP contribution is -2.38. The third kappa shape index (κ3) is 7.04. The Morgan fingerprint density at radius 1 is 0.909 bits per heavy atom. The van der Waals surface area contributed by atoms with Gasteiger partial charge in [-0.05, 0) is 25.5 Å². The summed E-state index contributed by atoms with van der Waals surface area (Å²) in [6, 6.07) is 21.4. The zero-order chi connectivity index (χ0) is 23.5. The minimum atomic E-state index is -0.229. The minimum absolute atomic E-state index is 0.0327. The van der Waals surface area contributed by atoms with Crippen LogP contribution in [0.3, 0.4) is 0 Å². The molecule has 0 aliphatic heterocycles. The summed E-state index contributed by atoms with van der Waals surface area (Å²) in [5, 5.41) is 7.70. The van der Waals surface area contributed by atoms with Gasteiger partial charge in [0.25, 0.3) is 0 Å². The fraction of sp³-hybridized carbons (Fsp3) is 0.370. The number of nitrogens with one attached hydrogen (secondary N) is 1. The lowest BCUT2D eigenvalue weighted by Gasteiger charge is -2.20. The van der Waals surface area contributed by atoms with Crippen LogP contribution in [0.4, 0.5) is 5.82 Å². The third-order valence-corrected chi connectivity index (χ3v) is 5.61. The maximum atomic E-state index is 12.9. The Labute approximate surface area is 196 Å². The highest BCUT2D eigenvalue weighted by Gasteiger charge is 2.18. The molecule has 2 amide bonds. The number of likely N-dealkylation sites (N-methyl/N-ethyl adjacent to an activating group) is 1. The van der Waals surface area contributed by atoms with E-state index in [4.69, 9.17) is 5.10 Å². The van der Waals surface area contributed by atoms with Crippen molar-refractivity contribution in [1.29, 1.82) is 0 Å². The Kier molecular flexibility index (Phi) is 9.24. The smallest absolute Gasteiger partial charge is 0.245 e. The molecule has 0 radical (unpaired) electrons. The van der Waals surface area contributed by atoms with Crippen molar-refractivity contribution in [3.05, 3.63) is 66.7 Å². The molecule has 3 aromatic rings. The van der Waals surface area contributed by atoms with Gasteiger partial charge in [-0.15, -0.1) is 0 Å². The van der Waals surface area contributed by atoms with Crippen LogP contribution in [0.1, 0.15) is 52.4 Å². The molecule has 0 bridgehead atoms. The molecular weight excluding hydrogens is 412 g/mol. The third-order valence-electron chi connectivity index (χ3n) is 5.61. The number of amides is 2. The van der Waals surface area contributed by atoms with Crippen molar-refractivity contribution in [1.82, 2.24) is 14.7 Å². The van der Waals surface area contributed by atoms with Crippen LogP contribution in [-0.2, 0) is 9.59 Å². The van der Waals surface area contributed by atoms with Crippen LogP contribution >= 0.6 is 0 Å². The van der Waals surface area contributed by atoms with E-state index in [0.717, 1.165) is 36.2 Å². The van der Waals surface area contributed by atoms with Crippen LogP contribution in [0.2, 0.25) is 0 Å². The van der Waals surface area contributed by atoms with E-state index in [-0.39, 0.29) is 18.4 Å². The van der Waals surface area contributed by atoms with E-state index in [1.807, 2.05) is 73.7 Å². The normalized spacial score (nSPS) is 10.7. The summed E-state index contributed by atoms with van der Waals surface area (Å²) in [4.78, 5) is 27.1. The van der Waals surface area contributed by atoms with Gasteiger partial charge in [-0.2, -0.15) is 5.10 Å². The fourth-order valence-corrected chi connectivity index (χ4v) is 3.76. The summed E-state index contributed by atoms with van der Waals surface area (Å²) in [6.45, 7) is 4.62. The highest BCUT2D eigenvalue weighted by Crippen LogP contribution is 2.24. The number of nitrogens with zero attached hydrogens (tertiary/aromatic N) is 3. The highest BCUT2D eigenvalue weighted by molar-refractivity contribution is 5.94. The summed E-state index contributed by atoms with van der Waals surface area (Å²) in [6.07, 6.45) is 5.96. The molecule has 0 fully saturated rings. The maximum absolute atomic E-state index is 12.9. The van der Waals surface area contributed by atoms with Crippen LogP contribution < -0.4 is 5.32 Å². The van der Waals surface area contributed by atoms with Gasteiger partial charge in [0.2, 0.25) is 11.8 Å².